The van der Waals surface area contributed by atoms with Crippen LogP contribution in [0.2, 0.25) is 5.02 Å². The van der Waals surface area contributed by atoms with Gasteiger partial charge in [-0.25, -0.2) is 4.79 Å². The van der Waals surface area contributed by atoms with Crippen molar-refractivity contribution in [1.82, 2.24) is 15.5 Å². The summed E-state index contributed by atoms with van der Waals surface area (Å²) in [5.41, 5.74) is 1.43. The maximum atomic E-state index is 12.0. The Bertz CT molecular complexity index is 654. The molecule has 0 aliphatic heterocycles. The summed E-state index contributed by atoms with van der Waals surface area (Å²) < 4.78 is 5.06. The molecule has 2 aromatic rings. The highest BCUT2D eigenvalue weighted by Crippen LogP contribution is 2.28. The SMILES string of the molecule is CNC(=O)CCOC(=O)c1cn[nH]c1-c1ccccc1Cl. The second-order valence-corrected chi connectivity index (χ2v) is 4.60. The first-order valence-corrected chi connectivity index (χ1v) is 6.67. The molecule has 0 saturated heterocycles. The lowest BCUT2D eigenvalue weighted by Gasteiger charge is -2.06. The van der Waals surface area contributed by atoms with Gasteiger partial charge in [-0.05, 0) is 6.07 Å². The molecule has 2 N–H and O–H groups in total. The van der Waals surface area contributed by atoms with Crippen molar-refractivity contribution < 1.29 is 14.3 Å². The molecule has 0 unspecified atom stereocenters. The maximum absolute atomic E-state index is 12.0. The average Bonchev–Trinajstić information content (AvgIpc) is 2.96. The molecule has 0 bridgehead atoms. The first-order chi connectivity index (χ1) is 10.1. The first kappa shape index (κ1) is 15.1. The zero-order valence-electron chi connectivity index (χ0n) is 11.4. The van der Waals surface area contributed by atoms with Crippen molar-refractivity contribution >= 4 is 23.5 Å². The summed E-state index contributed by atoms with van der Waals surface area (Å²) in [6.45, 7) is 0.00560. The first-order valence-electron chi connectivity index (χ1n) is 6.29. The Morgan fingerprint density at radius 1 is 1.38 bits per heavy atom. The number of carbonyl (C=O) groups is 2. The van der Waals surface area contributed by atoms with Crippen LogP contribution >= 0.6 is 11.6 Å². The van der Waals surface area contributed by atoms with Crippen LogP contribution in [0.25, 0.3) is 11.3 Å². The average molecular weight is 308 g/mol. The number of rotatable bonds is 5. The Morgan fingerprint density at radius 2 is 2.14 bits per heavy atom. The minimum atomic E-state index is -0.553. The Balaban J connectivity index is 2.12. The number of nitrogens with one attached hydrogen (secondary N) is 2. The number of amides is 1. The van der Waals surface area contributed by atoms with Gasteiger partial charge < -0.3 is 10.1 Å². The topological polar surface area (TPSA) is 84.1 Å². The predicted molar refractivity (Wildman–Crippen MR) is 78.0 cm³/mol. The molecule has 0 aliphatic rings. The van der Waals surface area contributed by atoms with Gasteiger partial charge in [0.25, 0.3) is 0 Å². The van der Waals surface area contributed by atoms with Gasteiger partial charge in [0.15, 0.2) is 0 Å². The molecular formula is C14H14ClN3O3. The lowest BCUT2D eigenvalue weighted by Crippen LogP contribution is -2.20. The van der Waals surface area contributed by atoms with E-state index in [0.29, 0.717) is 16.3 Å². The second kappa shape index (κ2) is 6.90. The number of aromatic amines is 1. The zero-order chi connectivity index (χ0) is 15.2. The van der Waals surface area contributed by atoms with Gasteiger partial charge in [0.05, 0.1) is 18.3 Å². The van der Waals surface area contributed by atoms with Crippen LogP contribution in [0.5, 0.6) is 0 Å². The van der Waals surface area contributed by atoms with Crippen LogP contribution in [0.3, 0.4) is 0 Å². The Labute approximate surface area is 126 Å². The van der Waals surface area contributed by atoms with E-state index in [0.717, 1.165) is 0 Å². The van der Waals surface area contributed by atoms with Gasteiger partial charge in [-0.3, -0.25) is 9.89 Å². The predicted octanol–water partition coefficient (Wildman–Crippen LogP) is 2.02. The number of aromatic nitrogens is 2. The fourth-order valence-corrected chi connectivity index (χ4v) is 1.98. The van der Waals surface area contributed by atoms with Crippen molar-refractivity contribution in [1.29, 1.82) is 0 Å². The number of halogens is 1. The molecule has 0 spiro atoms. The van der Waals surface area contributed by atoms with E-state index in [1.165, 1.54) is 13.2 Å². The van der Waals surface area contributed by atoms with Crippen LogP contribution < -0.4 is 5.32 Å². The molecule has 0 atom stereocenters. The third-order valence-electron chi connectivity index (χ3n) is 2.84. The number of ether oxygens (including phenoxy) is 1. The fourth-order valence-electron chi connectivity index (χ4n) is 1.75. The normalized spacial score (nSPS) is 10.2. The van der Waals surface area contributed by atoms with E-state index in [1.54, 1.807) is 18.2 Å². The second-order valence-electron chi connectivity index (χ2n) is 4.20. The Morgan fingerprint density at radius 3 is 2.86 bits per heavy atom. The lowest BCUT2D eigenvalue weighted by atomic mass is 10.1. The summed E-state index contributed by atoms with van der Waals surface area (Å²) in [4.78, 5) is 23.1. The van der Waals surface area contributed by atoms with Gasteiger partial charge in [-0.15, -0.1) is 0 Å². The van der Waals surface area contributed by atoms with E-state index < -0.39 is 5.97 Å². The van der Waals surface area contributed by atoms with Crippen molar-refractivity contribution in [2.45, 2.75) is 6.42 Å². The van der Waals surface area contributed by atoms with E-state index in [4.69, 9.17) is 16.3 Å². The number of esters is 1. The molecule has 1 heterocycles. The monoisotopic (exact) mass is 307 g/mol. The van der Waals surface area contributed by atoms with Crippen molar-refractivity contribution in [2.75, 3.05) is 13.7 Å². The van der Waals surface area contributed by atoms with Gasteiger partial charge >= 0.3 is 5.97 Å². The third kappa shape index (κ3) is 3.61. The molecule has 21 heavy (non-hydrogen) atoms. The number of carbonyl (C=O) groups excluding carboxylic acids is 2. The molecule has 1 aromatic heterocycles. The number of hydrogen-bond donors (Lipinski definition) is 2. The molecular weight excluding hydrogens is 294 g/mol. The molecule has 1 amide bonds. The molecule has 1 aromatic carbocycles. The number of benzene rings is 1. The van der Waals surface area contributed by atoms with E-state index in [2.05, 4.69) is 15.5 Å². The van der Waals surface area contributed by atoms with E-state index in [-0.39, 0.29) is 24.5 Å². The summed E-state index contributed by atoms with van der Waals surface area (Å²) in [5, 5.41) is 9.55. The molecule has 0 aliphatic carbocycles. The molecule has 6 nitrogen and oxygen atoms in total. The van der Waals surface area contributed by atoms with Crippen LogP contribution in [0.1, 0.15) is 16.8 Å². The van der Waals surface area contributed by atoms with Gasteiger partial charge in [-0.2, -0.15) is 5.10 Å². The fraction of sp³-hybridized carbons (Fsp3) is 0.214. The third-order valence-corrected chi connectivity index (χ3v) is 3.17. The highest BCUT2D eigenvalue weighted by Gasteiger charge is 2.18. The van der Waals surface area contributed by atoms with E-state index in [9.17, 15) is 9.59 Å². The Hall–Kier alpha value is -2.34. The van der Waals surface area contributed by atoms with Gasteiger partial charge in [-0.1, -0.05) is 29.8 Å². The van der Waals surface area contributed by atoms with Crippen LogP contribution in [0.4, 0.5) is 0 Å². The van der Waals surface area contributed by atoms with Crippen LogP contribution in [0.15, 0.2) is 30.5 Å². The lowest BCUT2D eigenvalue weighted by molar-refractivity contribution is -0.121. The summed E-state index contributed by atoms with van der Waals surface area (Å²) in [6, 6.07) is 7.10. The quantitative estimate of drug-likeness (QED) is 0.828. The summed E-state index contributed by atoms with van der Waals surface area (Å²) in [6.07, 6.45) is 1.49. The summed E-state index contributed by atoms with van der Waals surface area (Å²) in [5.74, 6) is -0.746. The minimum Gasteiger partial charge on any atom is -0.461 e. The van der Waals surface area contributed by atoms with Gasteiger partial charge in [0.1, 0.15) is 12.2 Å². The van der Waals surface area contributed by atoms with Crippen molar-refractivity contribution in [3.05, 3.63) is 41.0 Å². The van der Waals surface area contributed by atoms with E-state index in [1.807, 2.05) is 6.07 Å². The summed E-state index contributed by atoms with van der Waals surface area (Å²) >= 11 is 6.10. The van der Waals surface area contributed by atoms with Crippen LogP contribution in [0, 0.1) is 0 Å². The maximum Gasteiger partial charge on any atom is 0.342 e. The molecule has 110 valence electrons. The zero-order valence-corrected chi connectivity index (χ0v) is 12.1. The Kier molecular flexibility index (Phi) is 4.94. The van der Waals surface area contributed by atoms with Crippen molar-refractivity contribution in [2.24, 2.45) is 0 Å². The molecule has 0 radical (unpaired) electrons. The summed E-state index contributed by atoms with van der Waals surface area (Å²) in [7, 11) is 1.52. The minimum absolute atomic E-state index is 0.00560. The molecule has 0 fully saturated rings. The van der Waals surface area contributed by atoms with Crippen LogP contribution in [-0.2, 0) is 9.53 Å². The standard InChI is InChI=1S/C14H14ClN3O3/c1-16-12(19)6-7-21-14(20)10-8-17-18-13(10)9-4-2-3-5-11(9)15/h2-5,8H,6-7H2,1H3,(H,16,19)(H,17,18). The number of nitrogens with zero attached hydrogens (tertiary/aromatic N) is 1. The van der Waals surface area contributed by atoms with Gasteiger partial charge in [0, 0.05) is 17.6 Å². The largest absolute Gasteiger partial charge is 0.461 e. The number of H-pyrrole nitrogens is 1. The number of hydrogen-bond acceptors (Lipinski definition) is 4. The molecule has 7 heteroatoms. The highest BCUT2D eigenvalue weighted by molar-refractivity contribution is 6.33. The molecule has 0 saturated carbocycles. The molecule has 2 rings (SSSR count). The smallest absolute Gasteiger partial charge is 0.342 e. The van der Waals surface area contributed by atoms with Crippen molar-refractivity contribution in [3.8, 4) is 11.3 Å². The van der Waals surface area contributed by atoms with Crippen LogP contribution in [-0.4, -0.2) is 35.7 Å². The van der Waals surface area contributed by atoms with Gasteiger partial charge in [0.2, 0.25) is 5.91 Å². The highest BCUT2D eigenvalue weighted by atomic mass is 35.5. The van der Waals surface area contributed by atoms with E-state index >= 15 is 0 Å². The van der Waals surface area contributed by atoms with Crippen molar-refractivity contribution in [3.63, 3.8) is 0 Å².